The molecule has 38 heavy (non-hydrogen) atoms. The van der Waals surface area contributed by atoms with Crippen LogP contribution in [-0.2, 0) is 0 Å². The van der Waals surface area contributed by atoms with Crippen molar-refractivity contribution in [1.29, 1.82) is 0 Å². The molecule has 0 amide bonds. The third kappa shape index (κ3) is 2.31. The van der Waals surface area contributed by atoms with Gasteiger partial charge in [0.1, 0.15) is 0 Å². The van der Waals surface area contributed by atoms with Crippen LogP contribution in [0.3, 0.4) is 0 Å². The Bertz CT molecular complexity index is 2270. The topological polar surface area (TPSA) is 34.1 Å². The van der Waals surface area contributed by atoms with Crippen molar-refractivity contribution >= 4 is 86.5 Å². The summed E-state index contributed by atoms with van der Waals surface area (Å²) in [5.74, 6) is 0.106. The van der Waals surface area contributed by atoms with Crippen molar-refractivity contribution in [2.75, 3.05) is 0 Å². The minimum Gasteiger partial charge on any atom is -0.289 e. The van der Waals surface area contributed by atoms with Gasteiger partial charge in [-0.2, -0.15) is 0 Å². The molecule has 0 saturated carbocycles. The molecule has 0 spiro atoms. The number of halogens is 2. The maximum Gasteiger partial charge on any atom is 0.195 e. The van der Waals surface area contributed by atoms with Gasteiger partial charge >= 0.3 is 0 Å². The van der Waals surface area contributed by atoms with E-state index in [0.29, 0.717) is 5.56 Å². The Morgan fingerprint density at radius 1 is 0.395 bits per heavy atom. The minimum absolute atomic E-state index is 0.0302. The highest BCUT2D eigenvalue weighted by Crippen LogP contribution is 2.51. The standard InChI is InChI=1S/C34H14Br2O2/c35-26-14-13-22-21-8-7-18-19-9-11-24-29-16(15-3-1-2-4-23(15)33(24)37)5-6-17(27(19)29)20-10-12-25(30(21)28(18)20)34(38)31(22)32(26)36/h1-14H. The molecule has 0 saturated heterocycles. The van der Waals surface area contributed by atoms with E-state index in [1.54, 1.807) is 0 Å². The molecule has 2 aliphatic carbocycles. The zero-order chi connectivity index (χ0) is 25.4. The molecule has 0 heterocycles. The van der Waals surface area contributed by atoms with Crippen LogP contribution in [0.4, 0.5) is 0 Å². The van der Waals surface area contributed by atoms with Gasteiger partial charge in [0.2, 0.25) is 0 Å². The van der Waals surface area contributed by atoms with Crippen molar-refractivity contribution in [1.82, 2.24) is 0 Å². The summed E-state index contributed by atoms with van der Waals surface area (Å²) in [5.41, 5.74) is 7.04. The summed E-state index contributed by atoms with van der Waals surface area (Å²) in [7, 11) is 0. The zero-order valence-corrected chi connectivity index (χ0v) is 22.8. The number of hydrogen-bond acceptors (Lipinski definition) is 2. The first-order valence-electron chi connectivity index (χ1n) is 12.4. The SMILES string of the molecule is O=C1c2ccccc2-c2ccc3c4ccc5c6c(ccc(c7ccc1c2c37)c64)-c1ccc(Br)c(Br)c1C5=O. The summed E-state index contributed by atoms with van der Waals surface area (Å²) in [6.45, 7) is 0. The van der Waals surface area contributed by atoms with Gasteiger partial charge in [-0.1, -0.05) is 66.7 Å². The molecule has 0 atom stereocenters. The summed E-state index contributed by atoms with van der Waals surface area (Å²) in [4.78, 5) is 27.4. The summed E-state index contributed by atoms with van der Waals surface area (Å²) in [5, 5.41) is 8.69. The predicted molar refractivity (Wildman–Crippen MR) is 161 cm³/mol. The summed E-state index contributed by atoms with van der Waals surface area (Å²) < 4.78 is 1.65. The summed E-state index contributed by atoms with van der Waals surface area (Å²) in [6.07, 6.45) is 0. The lowest BCUT2D eigenvalue weighted by Crippen LogP contribution is -2.12. The number of ketones is 2. The maximum atomic E-state index is 13.8. The molecule has 0 aromatic heterocycles. The number of fused-ring (bicyclic) bond motifs is 6. The predicted octanol–water partition coefficient (Wildman–Crippen LogP) is 9.68. The molecule has 176 valence electrons. The van der Waals surface area contributed by atoms with Gasteiger partial charge in [0.15, 0.2) is 11.6 Å². The van der Waals surface area contributed by atoms with E-state index in [0.717, 1.165) is 91.0 Å². The molecule has 0 radical (unpaired) electrons. The van der Waals surface area contributed by atoms with Gasteiger partial charge in [-0.05, 0) is 105 Å². The number of carbonyl (C=O) groups excluding carboxylic acids is 2. The van der Waals surface area contributed by atoms with Crippen LogP contribution in [0.2, 0.25) is 0 Å². The molecule has 2 nitrogen and oxygen atoms in total. The first-order valence-corrected chi connectivity index (χ1v) is 14.0. The van der Waals surface area contributed by atoms with Gasteiger partial charge in [-0.25, -0.2) is 0 Å². The van der Waals surface area contributed by atoms with E-state index in [4.69, 9.17) is 0 Å². The molecular weight excluding hydrogens is 600 g/mol. The third-order valence-electron chi connectivity index (χ3n) is 8.46. The molecule has 0 bridgehead atoms. The van der Waals surface area contributed by atoms with Gasteiger partial charge in [0.25, 0.3) is 0 Å². The van der Waals surface area contributed by atoms with Crippen LogP contribution in [0.25, 0.3) is 65.3 Å². The van der Waals surface area contributed by atoms with Crippen LogP contribution < -0.4 is 0 Å². The Balaban J connectivity index is 1.50. The first-order chi connectivity index (χ1) is 18.5. The normalized spacial score (nSPS) is 13.6. The van der Waals surface area contributed by atoms with Crippen molar-refractivity contribution in [3.8, 4) is 22.3 Å². The quantitative estimate of drug-likeness (QED) is 0.126. The molecule has 9 rings (SSSR count). The average molecular weight is 614 g/mol. The second kappa shape index (κ2) is 6.96. The highest BCUT2D eigenvalue weighted by molar-refractivity contribution is 9.13. The van der Waals surface area contributed by atoms with Crippen molar-refractivity contribution in [3.63, 3.8) is 0 Å². The Kier molecular flexibility index (Phi) is 3.87. The van der Waals surface area contributed by atoms with Gasteiger partial charge in [-0.3, -0.25) is 9.59 Å². The third-order valence-corrected chi connectivity index (χ3v) is 10.5. The molecule has 7 aromatic rings. The zero-order valence-electron chi connectivity index (χ0n) is 19.7. The summed E-state index contributed by atoms with van der Waals surface area (Å²) >= 11 is 7.22. The van der Waals surface area contributed by atoms with Crippen LogP contribution in [0, 0.1) is 0 Å². The smallest absolute Gasteiger partial charge is 0.195 e. The van der Waals surface area contributed by atoms with Gasteiger partial charge < -0.3 is 0 Å². The fraction of sp³-hybridized carbons (Fsp3) is 0. The fourth-order valence-corrected chi connectivity index (χ4v) is 7.77. The van der Waals surface area contributed by atoms with Crippen LogP contribution in [0.1, 0.15) is 31.8 Å². The lowest BCUT2D eigenvalue weighted by molar-refractivity contribution is 0.103. The van der Waals surface area contributed by atoms with Crippen LogP contribution >= 0.6 is 31.9 Å². The molecule has 0 fully saturated rings. The second-order valence-electron chi connectivity index (χ2n) is 10.1. The molecule has 7 aromatic carbocycles. The molecular formula is C34H14Br2O2. The van der Waals surface area contributed by atoms with Crippen molar-refractivity contribution in [2.24, 2.45) is 0 Å². The second-order valence-corrected chi connectivity index (χ2v) is 11.8. The molecule has 0 unspecified atom stereocenters. The number of carbonyl (C=O) groups is 2. The molecule has 2 aliphatic rings. The van der Waals surface area contributed by atoms with E-state index in [1.165, 1.54) is 0 Å². The number of hydrogen-bond donors (Lipinski definition) is 0. The van der Waals surface area contributed by atoms with Gasteiger partial charge in [-0.15, -0.1) is 0 Å². The summed E-state index contributed by atoms with van der Waals surface area (Å²) in [6, 6.07) is 28.7. The van der Waals surface area contributed by atoms with Crippen LogP contribution in [-0.4, -0.2) is 11.6 Å². The average Bonchev–Trinajstić information content (AvgIpc) is 2.95. The maximum absolute atomic E-state index is 13.8. The van der Waals surface area contributed by atoms with E-state index in [9.17, 15) is 9.59 Å². The van der Waals surface area contributed by atoms with Crippen molar-refractivity contribution < 1.29 is 9.59 Å². The highest BCUT2D eigenvalue weighted by Gasteiger charge is 2.31. The largest absolute Gasteiger partial charge is 0.289 e. The lowest BCUT2D eigenvalue weighted by atomic mass is 9.77. The van der Waals surface area contributed by atoms with Crippen LogP contribution in [0.5, 0.6) is 0 Å². The van der Waals surface area contributed by atoms with E-state index in [-0.39, 0.29) is 11.6 Å². The Hall–Kier alpha value is -3.86. The lowest BCUT2D eigenvalue weighted by Gasteiger charge is -2.26. The monoisotopic (exact) mass is 612 g/mol. The van der Waals surface area contributed by atoms with Crippen molar-refractivity contribution in [2.45, 2.75) is 0 Å². The number of rotatable bonds is 0. The van der Waals surface area contributed by atoms with Gasteiger partial charge in [0, 0.05) is 42.0 Å². The Morgan fingerprint density at radius 2 is 0.868 bits per heavy atom. The number of benzene rings is 7. The fourth-order valence-electron chi connectivity index (χ4n) is 6.91. The first kappa shape index (κ1) is 21.1. The molecule has 4 heteroatoms. The minimum atomic E-state index is 0.0302. The molecule has 0 N–H and O–H groups in total. The van der Waals surface area contributed by atoms with E-state index in [1.807, 2.05) is 48.5 Å². The van der Waals surface area contributed by atoms with E-state index >= 15 is 0 Å². The Morgan fingerprint density at radius 3 is 1.47 bits per heavy atom. The Labute approximate surface area is 233 Å². The van der Waals surface area contributed by atoms with Crippen molar-refractivity contribution in [3.05, 3.63) is 116 Å². The van der Waals surface area contributed by atoms with Crippen LogP contribution in [0.15, 0.2) is 93.9 Å². The molecule has 0 aliphatic heterocycles. The van der Waals surface area contributed by atoms with E-state index in [2.05, 4.69) is 68.3 Å². The van der Waals surface area contributed by atoms with Gasteiger partial charge in [0.05, 0.1) is 0 Å². The van der Waals surface area contributed by atoms with E-state index < -0.39 is 0 Å². The highest BCUT2D eigenvalue weighted by atomic mass is 79.9.